The van der Waals surface area contributed by atoms with Gasteiger partial charge in [-0.2, -0.15) is 5.26 Å². The number of benzene rings is 2. The molecule has 90 valence electrons. The predicted octanol–water partition coefficient (Wildman–Crippen LogP) is 3.32. The molecule has 0 amide bonds. The van der Waals surface area contributed by atoms with Gasteiger partial charge in [0, 0.05) is 12.5 Å². The maximum atomic E-state index is 13.3. The highest BCUT2D eigenvalue weighted by Gasteiger charge is 2.03. The molecule has 0 radical (unpaired) electrons. The predicted molar refractivity (Wildman–Crippen MR) is 66.8 cm³/mol. The van der Waals surface area contributed by atoms with Crippen LogP contribution < -0.4 is 4.74 Å². The molecule has 0 aromatic heterocycles. The van der Waals surface area contributed by atoms with Gasteiger partial charge in [0.25, 0.3) is 0 Å². The molecule has 0 bridgehead atoms. The fourth-order valence-electron chi connectivity index (χ4n) is 1.61. The van der Waals surface area contributed by atoms with Crippen LogP contribution in [0.25, 0.3) is 0 Å². The molecule has 0 heterocycles. The van der Waals surface area contributed by atoms with E-state index in [4.69, 9.17) is 10.00 Å². The first-order chi connectivity index (χ1) is 8.79. The molecular formula is C15H12FNO. The highest BCUT2D eigenvalue weighted by molar-refractivity contribution is 5.36. The van der Waals surface area contributed by atoms with Crippen molar-refractivity contribution < 1.29 is 9.13 Å². The van der Waals surface area contributed by atoms with Crippen LogP contribution in [-0.4, -0.2) is 6.61 Å². The Morgan fingerprint density at radius 2 is 1.89 bits per heavy atom. The number of nitriles is 1. The first kappa shape index (κ1) is 12.1. The van der Waals surface area contributed by atoms with Gasteiger partial charge in [0.1, 0.15) is 17.6 Å². The van der Waals surface area contributed by atoms with Gasteiger partial charge in [-0.1, -0.05) is 30.3 Å². The lowest BCUT2D eigenvalue weighted by molar-refractivity contribution is 0.320. The van der Waals surface area contributed by atoms with Crippen LogP contribution in [0.4, 0.5) is 4.39 Å². The molecule has 0 aliphatic heterocycles. The fourth-order valence-corrected chi connectivity index (χ4v) is 1.61. The number of rotatable bonds is 4. The average molecular weight is 241 g/mol. The summed E-state index contributed by atoms with van der Waals surface area (Å²) in [4.78, 5) is 0. The molecule has 2 aromatic carbocycles. The quantitative estimate of drug-likeness (QED) is 0.822. The molecule has 0 atom stereocenters. The third-order valence-corrected chi connectivity index (χ3v) is 2.56. The number of halogens is 1. The van der Waals surface area contributed by atoms with Crippen LogP contribution in [0.3, 0.4) is 0 Å². The monoisotopic (exact) mass is 241 g/mol. The summed E-state index contributed by atoms with van der Waals surface area (Å²) >= 11 is 0. The van der Waals surface area contributed by atoms with E-state index in [2.05, 4.69) is 0 Å². The minimum atomic E-state index is -0.547. The lowest BCUT2D eigenvalue weighted by atomic mass is 10.2. The van der Waals surface area contributed by atoms with E-state index in [0.717, 1.165) is 6.42 Å². The lowest BCUT2D eigenvalue weighted by Gasteiger charge is -2.06. The molecular weight excluding hydrogens is 229 g/mol. The maximum Gasteiger partial charge on any atom is 0.144 e. The summed E-state index contributed by atoms with van der Waals surface area (Å²) in [6, 6.07) is 16.0. The zero-order valence-corrected chi connectivity index (χ0v) is 9.77. The summed E-state index contributed by atoms with van der Waals surface area (Å²) in [6.07, 6.45) is 0.766. The van der Waals surface area contributed by atoms with Gasteiger partial charge in [-0.05, 0) is 17.7 Å². The third-order valence-electron chi connectivity index (χ3n) is 2.56. The molecule has 0 aliphatic carbocycles. The Morgan fingerprint density at radius 3 is 2.56 bits per heavy atom. The van der Waals surface area contributed by atoms with Gasteiger partial charge >= 0.3 is 0 Å². The Balaban J connectivity index is 1.91. The lowest BCUT2D eigenvalue weighted by Crippen LogP contribution is -2.01. The van der Waals surface area contributed by atoms with Crippen LogP contribution in [0.1, 0.15) is 11.1 Å². The van der Waals surface area contributed by atoms with E-state index in [1.54, 1.807) is 12.1 Å². The van der Waals surface area contributed by atoms with Crippen LogP contribution in [0, 0.1) is 17.1 Å². The molecule has 0 saturated carbocycles. The van der Waals surface area contributed by atoms with E-state index < -0.39 is 5.82 Å². The largest absolute Gasteiger partial charge is 0.493 e. The molecule has 2 nitrogen and oxygen atoms in total. The summed E-state index contributed by atoms with van der Waals surface area (Å²) in [7, 11) is 0. The number of nitrogens with zero attached hydrogens (tertiary/aromatic N) is 1. The Labute approximate surface area is 105 Å². The van der Waals surface area contributed by atoms with Crippen LogP contribution in [0.15, 0.2) is 48.5 Å². The second-order valence-electron chi connectivity index (χ2n) is 3.84. The van der Waals surface area contributed by atoms with Crippen molar-refractivity contribution in [1.82, 2.24) is 0 Å². The molecule has 3 heteroatoms. The highest BCUT2D eigenvalue weighted by atomic mass is 19.1. The summed E-state index contributed by atoms with van der Waals surface area (Å²) in [5.74, 6) is -0.0999. The van der Waals surface area contributed by atoms with Crippen molar-refractivity contribution in [2.45, 2.75) is 6.42 Å². The molecule has 0 spiro atoms. The molecule has 18 heavy (non-hydrogen) atoms. The Kier molecular flexibility index (Phi) is 3.93. The van der Waals surface area contributed by atoms with E-state index in [1.807, 2.05) is 30.3 Å². The first-order valence-corrected chi connectivity index (χ1v) is 5.66. The Hall–Kier alpha value is -2.34. The molecule has 2 aromatic rings. The van der Waals surface area contributed by atoms with Crippen molar-refractivity contribution in [2.75, 3.05) is 6.61 Å². The standard InChI is InChI=1S/C15H12FNO/c16-15-10-14(7-6-13(15)11-17)18-9-8-12-4-2-1-3-5-12/h1-7,10H,8-9H2. The SMILES string of the molecule is N#Cc1ccc(OCCc2ccccc2)cc1F. The maximum absolute atomic E-state index is 13.3. The van der Waals surface area contributed by atoms with Crippen LogP contribution in [0.5, 0.6) is 5.75 Å². The van der Waals surface area contributed by atoms with Gasteiger partial charge in [0.15, 0.2) is 0 Å². The van der Waals surface area contributed by atoms with Crippen molar-refractivity contribution in [3.8, 4) is 11.8 Å². The second kappa shape index (κ2) is 5.83. The van der Waals surface area contributed by atoms with Gasteiger partial charge in [0.05, 0.1) is 12.2 Å². The molecule has 2 rings (SSSR count). The summed E-state index contributed by atoms with van der Waals surface area (Å²) < 4.78 is 18.7. The van der Waals surface area contributed by atoms with Gasteiger partial charge in [-0.15, -0.1) is 0 Å². The summed E-state index contributed by atoms with van der Waals surface area (Å²) in [6.45, 7) is 0.482. The Morgan fingerprint density at radius 1 is 1.11 bits per heavy atom. The van der Waals surface area contributed by atoms with Gasteiger partial charge < -0.3 is 4.74 Å². The summed E-state index contributed by atoms with van der Waals surface area (Å²) in [5, 5.41) is 8.60. The Bertz CT molecular complexity index is 560. The first-order valence-electron chi connectivity index (χ1n) is 5.66. The molecule has 0 aliphatic rings. The van der Waals surface area contributed by atoms with Crippen molar-refractivity contribution in [3.63, 3.8) is 0 Å². The number of hydrogen-bond acceptors (Lipinski definition) is 2. The number of hydrogen-bond donors (Lipinski definition) is 0. The smallest absolute Gasteiger partial charge is 0.144 e. The van der Waals surface area contributed by atoms with E-state index >= 15 is 0 Å². The van der Waals surface area contributed by atoms with Gasteiger partial charge in [-0.3, -0.25) is 0 Å². The van der Waals surface area contributed by atoms with Crippen molar-refractivity contribution >= 4 is 0 Å². The third kappa shape index (κ3) is 3.08. The van der Waals surface area contributed by atoms with Crippen LogP contribution in [-0.2, 0) is 6.42 Å². The van der Waals surface area contributed by atoms with Gasteiger partial charge in [0.2, 0.25) is 0 Å². The van der Waals surface area contributed by atoms with E-state index in [-0.39, 0.29) is 5.56 Å². The minimum Gasteiger partial charge on any atom is -0.493 e. The van der Waals surface area contributed by atoms with E-state index in [1.165, 1.54) is 17.7 Å². The van der Waals surface area contributed by atoms with E-state index in [0.29, 0.717) is 12.4 Å². The van der Waals surface area contributed by atoms with Crippen LogP contribution >= 0.6 is 0 Å². The summed E-state index contributed by atoms with van der Waals surface area (Å²) in [5.41, 5.74) is 1.21. The van der Waals surface area contributed by atoms with Crippen molar-refractivity contribution in [2.24, 2.45) is 0 Å². The highest BCUT2D eigenvalue weighted by Crippen LogP contribution is 2.16. The zero-order valence-electron chi connectivity index (χ0n) is 9.77. The second-order valence-corrected chi connectivity index (χ2v) is 3.84. The minimum absolute atomic E-state index is 0.0328. The molecule has 0 fully saturated rings. The topological polar surface area (TPSA) is 33.0 Å². The van der Waals surface area contributed by atoms with Crippen LogP contribution in [0.2, 0.25) is 0 Å². The van der Waals surface area contributed by atoms with Gasteiger partial charge in [-0.25, -0.2) is 4.39 Å². The number of ether oxygens (including phenoxy) is 1. The normalized spacial score (nSPS) is 9.78. The van der Waals surface area contributed by atoms with E-state index in [9.17, 15) is 4.39 Å². The fraction of sp³-hybridized carbons (Fsp3) is 0.133. The molecule has 0 saturated heterocycles. The van der Waals surface area contributed by atoms with Crippen molar-refractivity contribution in [1.29, 1.82) is 5.26 Å². The molecule has 0 unspecified atom stereocenters. The molecule has 0 N–H and O–H groups in total. The van der Waals surface area contributed by atoms with Crippen molar-refractivity contribution in [3.05, 3.63) is 65.5 Å². The zero-order chi connectivity index (χ0) is 12.8. The average Bonchev–Trinajstić information content (AvgIpc) is 2.40.